The molecule has 1 heterocycles. The van der Waals surface area contributed by atoms with Crippen LogP contribution in [0.3, 0.4) is 0 Å². The number of thiazole rings is 1. The summed E-state index contributed by atoms with van der Waals surface area (Å²) in [6, 6.07) is 27.1. The van der Waals surface area contributed by atoms with Gasteiger partial charge in [0.15, 0.2) is 5.13 Å². The maximum absolute atomic E-state index is 12.6. The number of amides is 2. The van der Waals surface area contributed by atoms with Crippen molar-refractivity contribution >= 4 is 57.5 Å². The van der Waals surface area contributed by atoms with Crippen LogP contribution in [0.25, 0.3) is 6.08 Å². The van der Waals surface area contributed by atoms with Crippen molar-refractivity contribution in [2.45, 2.75) is 16.7 Å². The summed E-state index contributed by atoms with van der Waals surface area (Å²) >= 11 is 2.94. The van der Waals surface area contributed by atoms with E-state index < -0.39 is 0 Å². The number of carbonyl (C=O) groups excluding carboxylic acids is 2. The maximum Gasteiger partial charge on any atom is 0.248 e. The SMILES string of the molecule is CC(=O)N(c1ccccc1)c1nc(/C=C/C(=O)Nc2ccccc2Sc2ccccc2)cs1. The Hall–Kier alpha value is -3.68. The lowest BCUT2D eigenvalue weighted by Crippen LogP contribution is -2.22. The second-order valence-electron chi connectivity index (χ2n) is 6.98. The number of nitrogens with one attached hydrogen (secondary N) is 1. The fraction of sp³-hybridized carbons (Fsp3) is 0.0385. The van der Waals surface area contributed by atoms with E-state index in [1.165, 1.54) is 24.3 Å². The van der Waals surface area contributed by atoms with Crippen LogP contribution < -0.4 is 10.2 Å². The van der Waals surface area contributed by atoms with E-state index in [0.29, 0.717) is 10.8 Å². The van der Waals surface area contributed by atoms with Gasteiger partial charge in [0.05, 0.1) is 17.1 Å². The summed E-state index contributed by atoms with van der Waals surface area (Å²) < 4.78 is 0. The van der Waals surface area contributed by atoms with E-state index in [-0.39, 0.29) is 11.8 Å². The minimum atomic E-state index is -0.253. The van der Waals surface area contributed by atoms with Crippen LogP contribution in [0.4, 0.5) is 16.5 Å². The minimum Gasteiger partial charge on any atom is -0.321 e. The Labute approximate surface area is 200 Å². The molecule has 0 unspecified atom stereocenters. The lowest BCUT2D eigenvalue weighted by Gasteiger charge is -2.17. The van der Waals surface area contributed by atoms with E-state index in [0.717, 1.165) is 21.2 Å². The summed E-state index contributed by atoms with van der Waals surface area (Å²) in [6.07, 6.45) is 3.09. The molecule has 0 spiro atoms. The zero-order valence-electron chi connectivity index (χ0n) is 17.8. The van der Waals surface area contributed by atoms with Crippen molar-refractivity contribution in [3.05, 3.63) is 102 Å². The minimum absolute atomic E-state index is 0.128. The molecule has 0 aliphatic carbocycles. The highest BCUT2D eigenvalue weighted by atomic mass is 32.2. The molecule has 0 saturated heterocycles. The van der Waals surface area contributed by atoms with Crippen molar-refractivity contribution in [1.82, 2.24) is 4.98 Å². The van der Waals surface area contributed by atoms with Gasteiger partial charge in [-0.1, -0.05) is 60.3 Å². The number of carbonyl (C=O) groups is 2. The zero-order valence-corrected chi connectivity index (χ0v) is 19.5. The summed E-state index contributed by atoms with van der Waals surface area (Å²) in [5.41, 5.74) is 2.10. The average molecular weight is 472 g/mol. The Kier molecular flexibility index (Phi) is 7.34. The first-order valence-corrected chi connectivity index (χ1v) is 11.9. The molecule has 1 aromatic heterocycles. The van der Waals surface area contributed by atoms with Crippen molar-refractivity contribution < 1.29 is 9.59 Å². The van der Waals surface area contributed by atoms with Crippen LogP contribution in [0.5, 0.6) is 0 Å². The molecule has 1 N–H and O–H groups in total. The molecule has 0 fully saturated rings. The molecule has 3 aromatic carbocycles. The Bertz CT molecular complexity index is 1270. The van der Waals surface area contributed by atoms with Gasteiger partial charge in [-0.2, -0.15) is 0 Å². The number of aromatic nitrogens is 1. The molecule has 0 aliphatic heterocycles. The first-order valence-electron chi connectivity index (χ1n) is 10.2. The molecular formula is C26H21N3O2S2. The highest BCUT2D eigenvalue weighted by molar-refractivity contribution is 7.99. The van der Waals surface area contributed by atoms with Crippen molar-refractivity contribution in [3.8, 4) is 0 Å². The predicted octanol–water partition coefficient (Wildman–Crippen LogP) is 6.63. The highest BCUT2D eigenvalue weighted by Gasteiger charge is 2.17. The molecule has 0 bridgehead atoms. The lowest BCUT2D eigenvalue weighted by molar-refractivity contribution is -0.116. The zero-order chi connectivity index (χ0) is 23.0. The van der Waals surface area contributed by atoms with Gasteiger partial charge in [-0.05, 0) is 42.5 Å². The predicted molar refractivity (Wildman–Crippen MR) is 136 cm³/mol. The molecule has 2 amide bonds. The van der Waals surface area contributed by atoms with E-state index in [2.05, 4.69) is 10.3 Å². The summed E-state index contributed by atoms with van der Waals surface area (Å²) in [5, 5.41) is 5.31. The standard InChI is InChI=1S/C26H21N3O2S2/c1-19(30)29(21-10-4-2-5-11-21)26-27-20(18-32-26)16-17-25(31)28-23-14-8-9-15-24(23)33-22-12-6-3-7-13-22/h2-18H,1H3,(H,28,31)/b17-16+. The number of rotatable bonds is 7. The summed E-state index contributed by atoms with van der Waals surface area (Å²) in [6.45, 7) is 1.50. The van der Waals surface area contributed by atoms with E-state index in [9.17, 15) is 9.59 Å². The third-order valence-electron chi connectivity index (χ3n) is 4.55. The van der Waals surface area contributed by atoms with Crippen LogP contribution in [-0.2, 0) is 9.59 Å². The molecule has 33 heavy (non-hydrogen) atoms. The Morgan fingerprint density at radius 3 is 2.33 bits per heavy atom. The number of hydrogen-bond donors (Lipinski definition) is 1. The molecule has 4 rings (SSSR count). The molecule has 4 aromatic rings. The molecule has 0 saturated carbocycles. The monoisotopic (exact) mass is 471 g/mol. The molecule has 0 aliphatic rings. The van der Waals surface area contributed by atoms with E-state index in [4.69, 9.17) is 0 Å². The van der Waals surface area contributed by atoms with Crippen molar-refractivity contribution in [2.75, 3.05) is 10.2 Å². The van der Waals surface area contributed by atoms with Crippen LogP contribution in [0.2, 0.25) is 0 Å². The van der Waals surface area contributed by atoms with Gasteiger partial charge in [0.1, 0.15) is 0 Å². The topological polar surface area (TPSA) is 62.3 Å². The summed E-state index contributed by atoms with van der Waals surface area (Å²) in [5.74, 6) is -0.381. The van der Waals surface area contributed by atoms with Crippen LogP contribution in [0.15, 0.2) is 106 Å². The lowest BCUT2D eigenvalue weighted by atomic mass is 10.3. The average Bonchev–Trinajstić information content (AvgIpc) is 3.29. The number of anilines is 3. The van der Waals surface area contributed by atoms with Crippen molar-refractivity contribution in [1.29, 1.82) is 0 Å². The molecule has 164 valence electrons. The van der Waals surface area contributed by atoms with Gasteiger partial charge in [-0.3, -0.25) is 14.5 Å². The fourth-order valence-corrected chi connectivity index (χ4v) is 4.85. The fourth-order valence-electron chi connectivity index (χ4n) is 3.07. The number of hydrogen-bond acceptors (Lipinski definition) is 5. The highest BCUT2D eigenvalue weighted by Crippen LogP contribution is 2.33. The quantitative estimate of drug-likeness (QED) is 0.307. The second kappa shape index (κ2) is 10.8. The van der Waals surface area contributed by atoms with Crippen molar-refractivity contribution in [2.24, 2.45) is 0 Å². The number of nitrogens with zero attached hydrogens (tertiary/aromatic N) is 2. The summed E-state index contributed by atoms with van der Waals surface area (Å²) in [4.78, 5) is 32.9. The van der Waals surface area contributed by atoms with Crippen molar-refractivity contribution in [3.63, 3.8) is 0 Å². The summed E-state index contributed by atoms with van der Waals surface area (Å²) in [7, 11) is 0. The van der Waals surface area contributed by atoms with E-state index >= 15 is 0 Å². The Morgan fingerprint density at radius 2 is 1.61 bits per heavy atom. The van der Waals surface area contributed by atoms with Crippen LogP contribution in [0.1, 0.15) is 12.6 Å². The van der Waals surface area contributed by atoms with Gasteiger partial charge in [-0.15, -0.1) is 11.3 Å². The Morgan fingerprint density at radius 1 is 0.939 bits per heavy atom. The van der Waals surface area contributed by atoms with E-state index in [1.807, 2.05) is 90.3 Å². The van der Waals surface area contributed by atoms with Gasteiger partial charge in [-0.25, -0.2) is 4.98 Å². The number of benzene rings is 3. The largest absolute Gasteiger partial charge is 0.321 e. The normalized spacial score (nSPS) is 10.8. The molecular weight excluding hydrogens is 450 g/mol. The van der Waals surface area contributed by atoms with Crippen LogP contribution >= 0.6 is 23.1 Å². The van der Waals surface area contributed by atoms with Gasteiger partial charge >= 0.3 is 0 Å². The third-order valence-corrected chi connectivity index (χ3v) is 6.48. The van der Waals surface area contributed by atoms with Gasteiger partial charge in [0.2, 0.25) is 11.8 Å². The van der Waals surface area contributed by atoms with Gasteiger partial charge in [0, 0.05) is 28.2 Å². The van der Waals surface area contributed by atoms with Crippen LogP contribution in [-0.4, -0.2) is 16.8 Å². The maximum atomic E-state index is 12.6. The third kappa shape index (κ3) is 5.97. The molecule has 0 radical (unpaired) electrons. The smallest absolute Gasteiger partial charge is 0.248 e. The van der Waals surface area contributed by atoms with E-state index in [1.54, 1.807) is 22.7 Å². The molecule has 7 heteroatoms. The second-order valence-corrected chi connectivity index (χ2v) is 8.93. The van der Waals surface area contributed by atoms with Gasteiger partial charge < -0.3 is 5.32 Å². The first kappa shape index (κ1) is 22.5. The first-order chi connectivity index (χ1) is 16.1. The molecule has 0 atom stereocenters. The molecule has 5 nitrogen and oxygen atoms in total. The number of para-hydroxylation sites is 2. The van der Waals surface area contributed by atoms with Crippen LogP contribution in [0, 0.1) is 0 Å². The Balaban J connectivity index is 1.45. The van der Waals surface area contributed by atoms with Gasteiger partial charge in [0.25, 0.3) is 0 Å².